The number of hydrogen-bond donors (Lipinski definition) is 0. The molecule has 7 heteroatoms. The van der Waals surface area contributed by atoms with E-state index < -0.39 is 18.7 Å². The van der Waals surface area contributed by atoms with Gasteiger partial charge in [-0.1, -0.05) is 18.5 Å². The first kappa shape index (κ1) is 15.9. The molecule has 0 heterocycles. The summed E-state index contributed by atoms with van der Waals surface area (Å²) in [4.78, 5) is 11.4. The fraction of sp³-hybridized carbons (Fsp3) is 0.889. The number of alkyl halides is 1. The Hall–Kier alpha value is -0.0900. The van der Waals surface area contributed by atoms with E-state index in [1.807, 2.05) is 6.92 Å². The Bertz CT molecular complexity index is 248. The number of carbonyl (C=O) groups excluding carboxylic acids is 1. The molecule has 0 spiro atoms. The van der Waals surface area contributed by atoms with Gasteiger partial charge in [0.1, 0.15) is 0 Å². The van der Waals surface area contributed by atoms with E-state index in [2.05, 4.69) is 0 Å². The second kappa shape index (κ2) is 8.07. The summed E-state index contributed by atoms with van der Waals surface area (Å²) in [6, 6.07) is 0. The maximum atomic E-state index is 12.0. The van der Waals surface area contributed by atoms with Crippen LogP contribution in [-0.4, -0.2) is 30.9 Å². The maximum absolute atomic E-state index is 12.0. The van der Waals surface area contributed by atoms with E-state index in [1.54, 1.807) is 13.8 Å². The molecule has 0 aromatic rings. The van der Waals surface area contributed by atoms with Gasteiger partial charge in [-0.05, 0) is 20.3 Å². The minimum Gasteiger partial charge on any atom is -0.464 e. The van der Waals surface area contributed by atoms with Crippen molar-refractivity contribution in [3.05, 3.63) is 0 Å². The van der Waals surface area contributed by atoms with Gasteiger partial charge in [0.2, 0.25) is 5.12 Å². The summed E-state index contributed by atoms with van der Waals surface area (Å²) in [7, 11) is -3.62. The molecule has 1 atom stereocenters. The number of hydrogen-bond acceptors (Lipinski definition) is 5. The van der Waals surface area contributed by atoms with Crippen molar-refractivity contribution >= 4 is 25.2 Å². The van der Waals surface area contributed by atoms with E-state index in [-0.39, 0.29) is 19.8 Å². The zero-order valence-electron chi connectivity index (χ0n) is 9.77. The molecule has 0 aromatic carbocycles. The van der Waals surface area contributed by atoms with Crippen molar-refractivity contribution in [3.8, 4) is 0 Å². The first-order valence-electron chi connectivity index (χ1n) is 5.21. The molecule has 0 aliphatic carbocycles. The lowest BCUT2D eigenvalue weighted by atomic mass is 10.5. The van der Waals surface area contributed by atoms with E-state index in [0.29, 0.717) is 6.42 Å². The van der Waals surface area contributed by atoms with Gasteiger partial charge in [0.25, 0.3) is 0 Å². The molecule has 0 aliphatic heterocycles. The Morgan fingerprint density at radius 1 is 1.25 bits per heavy atom. The van der Waals surface area contributed by atoms with Crippen LogP contribution >= 0.6 is 19.2 Å². The smallest absolute Gasteiger partial charge is 0.359 e. The van der Waals surface area contributed by atoms with E-state index in [0.717, 1.165) is 0 Å². The monoisotopic (exact) mass is 272 g/mol. The largest absolute Gasteiger partial charge is 0.464 e. The predicted molar refractivity (Wildman–Crippen MR) is 61.7 cm³/mol. The molecule has 0 saturated heterocycles. The van der Waals surface area contributed by atoms with E-state index in [4.69, 9.17) is 25.4 Å². The SMILES string of the molecule is CCCOC(=O)C(Cl)P(=O)(OCC)OCC. The average Bonchev–Trinajstić information content (AvgIpc) is 2.25. The zero-order valence-corrected chi connectivity index (χ0v) is 11.4. The Labute approximate surface area is 101 Å². The predicted octanol–water partition coefficient (Wildman–Crippen LogP) is 2.77. The second-order valence-corrected chi connectivity index (χ2v) is 5.73. The van der Waals surface area contributed by atoms with Crippen LogP contribution < -0.4 is 0 Å². The molecule has 16 heavy (non-hydrogen) atoms. The molecule has 0 aliphatic rings. The van der Waals surface area contributed by atoms with Gasteiger partial charge in [0.05, 0.1) is 19.8 Å². The van der Waals surface area contributed by atoms with Crippen LogP contribution in [0.4, 0.5) is 0 Å². The normalized spacial score (nSPS) is 13.5. The highest BCUT2D eigenvalue weighted by atomic mass is 35.5. The Balaban J connectivity index is 4.53. The number of ether oxygens (including phenoxy) is 1. The summed E-state index contributed by atoms with van der Waals surface area (Å²) in [6.45, 7) is 5.68. The summed E-state index contributed by atoms with van der Waals surface area (Å²) in [5, 5.41) is -1.40. The molecule has 0 rings (SSSR count). The molecule has 0 aromatic heterocycles. The van der Waals surface area contributed by atoms with Crippen molar-refractivity contribution in [2.45, 2.75) is 32.3 Å². The Morgan fingerprint density at radius 2 is 1.75 bits per heavy atom. The molecule has 0 amide bonds. The van der Waals surface area contributed by atoms with Crippen molar-refractivity contribution in [2.75, 3.05) is 19.8 Å². The highest BCUT2D eigenvalue weighted by molar-refractivity contribution is 7.57. The van der Waals surface area contributed by atoms with Gasteiger partial charge in [-0.2, -0.15) is 0 Å². The molecular formula is C9H18ClO5P. The van der Waals surface area contributed by atoms with Gasteiger partial charge in [-0.3, -0.25) is 4.57 Å². The average molecular weight is 273 g/mol. The number of esters is 1. The van der Waals surface area contributed by atoms with Crippen molar-refractivity contribution in [2.24, 2.45) is 0 Å². The third-order valence-corrected chi connectivity index (χ3v) is 4.44. The van der Waals surface area contributed by atoms with Crippen LogP contribution in [0.25, 0.3) is 0 Å². The van der Waals surface area contributed by atoms with Gasteiger partial charge in [0, 0.05) is 0 Å². The van der Waals surface area contributed by atoms with Crippen molar-refractivity contribution < 1.29 is 23.1 Å². The summed E-state index contributed by atoms with van der Waals surface area (Å²) in [5.74, 6) is -0.770. The summed E-state index contributed by atoms with van der Waals surface area (Å²) in [6.07, 6.45) is 0.670. The van der Waals surface area contributed by atoms with Crippen molar-refractivity contribution in [1.29, 1.82) is 0 Å². The van der Waals surface area contributed by atoms with Gasteiger partial charge in [-0.15, -0.1) is 0 Å². The maximum Gasteiger partial charge on any atom is 0.359 e. The third-order valence-electron chi connectivity index (χ3n) is 1.54. The van der Waals surface area contributed by atoms with Crippen LogP contribution in [0.15, 0.2) is 0 Å². The van der Waals surface area contributed by atoms with Gasteiger partial charge < -0.3 is 13.8 Å². The Morgan fingerprint density at radius 3 is 2.12 bits per heavy atom. The topological polar surface area (TPSA) is 61.8 Å². The van der Waals surface area contributed by atoms with Crippen molar-refractivity contribution in [1.82, 2.24) is 0 Å². The lowest BCUT2D eigenvalue weighted by Gasteiger charge is -2.20. The molecule has 5 nitrogen and oxygen atoms in total. The molecule has 0 N–H and O–H groups in total. The molecule has 0 bridgehead atoms. The summed E-state index contributed by atoms with van der Waals surface area (Å²) < 4.78 is 26.7. The number of halogens is 1. The van der Waals surface area contributed by atoms with E-state index in [1.165, 1.54) is 0 Å². The fourth-order valence-electron chi connectivity index (χ4n) is 0.929. The second-order valence-electron chi connectivity index (χ2n) is 2.88. The highest BCUT2D eigenvalue weighted by Crippen LogP contribution is 2.55. The first-order chi connectivity index (χ1) is 7.51. The highest BCUT2D eigenvalue weighted by Gasteiger charge is 2.40. The third kappa shape index (κ3) is 4.83. The van der Waals surface area contributed by atoms with Crippen molar-refractivity contribution in [3.63, 3.8) is 0 Å². The lowest BCUT2D eigenvalue weighted by Crippen LogP contribution is -2.21. The fourth-order valence-corrected chi connectivity index (χ4v) is 2.72. The van der Waals surface area contributed by atoms with Gasteiger partial charge >= 0.3 is 13.6 Å². The Kier molecular flexibility index (Phi) is 8.02. The van der Waals surface area contributed by atoms with E-state index in [9.17, 15) is 9.36 Å². The molecular weight excluding hydrogens is 255 g/mol. The lowest BCUT2D eigenvalue weighted by molar-refractivity contribution is -0.141. The molecule has 1 unspecified atom stereocenters. The number of rotatable bonds is 8. The van der Waals surface area contributed by atoms with Crippen LogP contribution in [-0.2, 0) is 23.1 Å². The van der Waals surface area contributed by atoms with E-state index >= 15 is 0 Å². The van der Waals surface area contributed by atoms with Gasteiger partial charge in [-0.25, -0.2) is 4.79 Å². The van der Waals surface area contributed by atoms with Crippen LogP contribution in [0.5, 0.6) is 0 Å². The minimum atomic E-state index is -3.62. The quantitative estimate of drug-likeness (QED) is 0.386. The minimum absolute atomic E-state index is 0.154. The molecule has 0 fully saturated rings. The van der Waals surface area contributed by atoms with Gasteiger partial charge in [0.15, 0.2) is 0 Å². The zero-order chi connectivity index (χ0) is 12.6. The first-order valence-corrected chi connectivity index (χ1v) is 7.26. The van der Waals surface area contributed by atoms with Crippen LogP contribution in [0.3, 0.4) is 0 Å². The van der Waals surface area contributed by atoms with Crippen LogP contribution in [0, 0.1) is 0 Å². The summed E-state index contributed by atoms with van der Waals surface area (Å²) >= 11 is 5.74. The van der Waals surface area contributed by atoms with Crippen LogP contribution in [0.2, 0.25) is 0 Å². The summed E-state index contributed by atoms with van der Waals surface area (Å²) in [5.41, 5.74) is 0. The van der Waals surface area contributed by atoms with Crippen LogP contribution in [0.1, 0.15) is 27.2 Å². The molecule has 0 radical (unpaired) electrons. The molecule has 0 saturated carbocycles. The number of carbonyl (C=O) groups is 1. The standard InChI is InChI=1S/C9H18ClO5P/c1-4-7-13-9(11)8(10)16(12,14-5-2)15-6-3/h8H,4-7H2,1-3H3. The molecule has 96 valence electrons.